The van der Waals surface area contributed by atoms with Gasteiger partial charge in [0.25, 0.3) is 11.6 Å². The van der Waals surface area contributed by atoms with Crippen LogP contribution in [0, 0.1) is 10.1 Å². The van der Waals surface area contributed by atoms with E-state index < -0.39 is 16.5 Å². The number of halogens is 1. The Morgan fingerprint density at radius 2 is 2.10 bits per heavy atom. The summed E-state index contributed by atoms with van der Waals surface area (Å²) in [6, 6.07) is 4.03. The highest BCUT2D eigenvalue weighted by molar-refractivity contribution is 9.10. The molecule has 1 fully saturated rings. The molecule has 0 bridgehead atoms. The lowest BCUT2D eigenvalue weighted by Crippen LogP contribution is -2.43. The SMILES string of the molecule is CCC1(C)NC(=O)N(Cc2cccc([N+](=O)[O-])c2Br)C1=O. The van der Waals surface area contributed by atoms with Crippen molar-refractivity contribution in [1.29, 1.82) is 0 Å². The number of nitrogens with zero attached hydrogens (tertiary/aromatic N) is 2. The van der Waals surface area contributed by atoms with Crippen molar-refractivity contribution >= 4 is 33.6 Å². The maximum absolute atomic E-state index is 12.3. The topological polar surface area (TPSA) is 92.6 Å². The summed E-state index contributed by atoms with van der Waals surface area (Å²) in [5.41, 5.74) is -0.504. The molecule has 1 aliphatic heterocycles. The number of nitro benzene ring substituents is 1. The van der Waals surface area contributed by atoms with Crippen LogP contribution >= 0.6 is 15.9 Å². The molecule has 1 aromatic carbocycles. The Morgan fingerprint density at radius 1 is 1.43 bits per heavy atom. The molecule has 1 aromatic rings. The molecule has 21 heavy (non-hydrogen) atoms. The van der Waals surface area contributed by atoms with Gasteiger partial charge in [-0.15, -0.1) is 0 Å². The number of carbonyl (C=O) groups excluding carboxylic acids is 2. The molecule has 0 spiro atoms. The zero-order valence-electron chi connectivity index (χ0n) is 11.6. The van der Waals surface area contributed by atoms with Crippen molar-refractivity contribution in [3.8, 4) is 0 Å². The van der Waals surface area contributed by atoms with E-state index in [2.05, 4.69) is 21.2 Å². The molecule has 1 aliphatic rings. The second kappa shape index (κ2) is 5.44. The smallest absolute Gasteiger partial charge is 0.323 e. The van der Waals surface area contributed by atoms with Crippen molar-refractivity contribution in [3.63, 3.8) is 0 Å². The third-order valence-corrected chi connectivity index (χ3v) is 4.55. The van der Waals surface area contributed by atoms with Crippen LogP contribution < -0.4 is 5.32 Å². The van der Waals surface area contributed by atoms with E-state index in [9.17, 15) is 19.7 Å². The molecule has 1 atom stereocenters. The minimum atomic E-state index is -0.912. The lowest BCUT2D eigenvalue weighted by Gasteiger charge is -2.19. The van der Waals surface area contributed by atoms with Gasteiger partial charge in [0.1, 0.15) is 10.0 Å². The zero-order valence-corrected chi connectivity index (χ0v) is 13.1. The number of amides is 3. The van der Waals surface area contributed by atoms with Crippen molar-refractivity contribution in [3.05, 3.63) is 38.3 Å². The van der Waals surface area contributed by atoms with Gasteiger partial charge in [-0.25, -0.2) is 4.79 Å². The van der Waals surface area contributed by atoms with E-state index in [1.807, 2.05) is 6.92 Å². The van der Waals surface area contributed by atoms with E-state index in [1.165, 1.54) is 12.1 Å². The first-order valence-electron chi connectivity index (χ1n) is 6.36. The summed E-state index contributed by atoms with van der Waals surface area (Å²) in [7, 11) is 0. The fourth-order valence-electron chi connectivity index (χ4n) is 2.13. The van der Waals surface area contributed by atoms with Gasteiger partial charge in [0.05, 0.1) is 11.5 Å². The first-order valence-corrected chi connectivity index (χ1v) is 7.15. The molecule has 0 radical (unpaired) electrons. The highest BCUT2D eigenvalue weighted by Gasteiger charge is 2.46. The van der Waals surface area contributed by atoms with Crippen molar-refractivity contribution in [1.82, 2.24) is 10.2 Å². The summed E-state index contributed by atoms with van der Waals surface area (Å²) in [6.07, 6.45) is 0.476. The van der Waals surface area contributed by atoms with Crippen LogP contribution in [0.4, 0.5) is 10.5 Å². The van der Waals surface area contributed by atoms with Crippen LogP contribution in [0.5, 0.6) is 0 Å². The predicted molar refractivity (Wildman–Crippen MR) is 78.6 cm³/mol. The fraction of sp³-hybridized carbons (Fsp3) is 0.385. The molecule has 8 heteroatoms. The molecular formula is C13H14BrN3O4. The summed E-state index contributed by atoms with van der Waals surface area (Å²) in [6.45, 7) is 3.46. The lowest BCUT2D eigenvalue weighted by molar-refractivity contribution is -0.385. The summed E-state index contributed by atoms with van der Waals surface area (Å²) < 4.78 is 0.278. The standard InChI is InChI=1S/C13H14BrN3O4/c1-3-13(2)11(18)16(12(19)15-13)7-8-5-4-6-9(10(8)14)17(20)21/h4-6H,3,7H2,1-2H3,(H,15,19). The van der Waals surface area contributed by atoms with Crippen LogP contribution in [0.1, 0.15) is 25.8 Å². The second-order valence-corrected chi connectivity index (χ2v) is 5.81. The Hall–Kier alpha value is -1.96. The Kier molecular flexibility index (Phi) is 3.99. The van der Waals surface area contributed by atoms with Crippen LogP contribution in [0.3, 0.4) is 0 Å². The van der Waals surface area contributed by atoms with Gasteiger partial charge in [0.2, 0.25) is 0 Å². The van der Waals surface area contributed by atoms with Gasteiger partial charge in [0.15, 0.2) is 0 Å². The minimum absolute atomic E-state index is 0.0114. The van der Waals surface area contributed by atoms with Crippen molar-refractivity contribution in [2.75, 3.05) is 0 Å². The van der Waals surface area contributed by atoms with E-state index >= 15 is 0 Å². The molecule has 7 nitrogen and oxygen atoms in total. The van der Waals surface area contributed by atoms with Crippen LogP contribution in [-0.2, 0) is 11.3 Å². The number of nitrogens with one attached hydrogen (secondary N) is 1. The Labute approximate surface area is 129 Å². The summed E-state index contributed by atoms with van der Waals surface area (Å²) in [4.78, 5) is 35.7. The average Bonchev–Trinajstić information content (AvgIpc) is 2.64. The molecule has 1 saturated heterocycles. The maximum Gasteiger partial charge on any atom is 0.325 e. The molecule has 0 aliphatic carbocycles. The number of hydrogen-bond donors (Lipinski definition) is 1. The van der Waals surface area contributed by atoms with E-state index in [0.29, 0.717) is 12.0 Å². The molecule has 0 aromatic heterocycles. The average molecular weight is 356 g/mol. The van der Waals surface area contributed by atoms with Crippen LogP contribution in [-0.4, -0.2) is 27.3 Å². The molecule has 2 rings (SSSR count). The Bertz CT molecular complexity index is 634. The third kappa shape index (κ3) is 2.63. The number of urea groups is 1. The molecular weight excluding hydrogens is 342 g/mol. The number of rotatable bonds is 4. The largest absolute Gasteiger partial charge is 0.325 e. The Morgan fingerprint density at radius 3 is 2.62 bits per heavy atom. The summed E-state index contributed by atoms with van der Waals surface area (Å²) >= 11 is 3.16. The second-order valence-electron chi connectivity index (χ2n) is 5.01. The van der Waals surface area contributed by atoms with Crippen molar-refractivity contribution in [2.45, 2.75) is 32.4 Å². The van der Waals surface area contributed by atoms with E-state index in [4.69, 9.17) is 0 Å². The predicted octanol–water partition coefficient (Wildman–Crippen LogP) is 2.58. The number of carbonyl (C=O) groups is 2. The third-order valence-electron chi connectivity index (χ3n) is 3.64. The summed E-state index contributed by atoms with van der Waals surface area (Å²) in [5, 5.41) is 13.6. The highest BCUT2D eigenvalue weighted by atomic mass is 79.9. The molecule has 112 valence electrons. The van der Waals surface area contributed by atoms with Crippen molar-refractivity contribution in [2.24, 2.45) is 0 Å². The molecule has 1 heterocycles. The normalized spacial score (nSPS) is 21.6. The van der Waals surface area contributed by atoms with E-state index in [1.54, 1.807) is 13.0 Å². The van der Waals surface area contributed by atoms with Gasteiger partial charge in [-0.3, -0.25) is 19.8 Å². The number of benzene rings is 1. The maximum atomic E-state index is 12.3. The Balaban J connectivity index is 2.31. The van der Waals surface area contributed by atoms with Gasteiger partial charge in [-0.05, 0) is 34.8 Å². The lowest BCUT2D eigenvalue weighted by atomic mass is 9.99. The first kappa shape index (κ1) is 15.4. The van der Waals surface area contributed by atoms with E-state index in [0.717, 1.165) is 4.90 Å². The van der Waals surface area contributed by atoms with Gasteiger partial charge < -0.3 is 5.32 Å². The fourth-order valence-corrected chi connectivity index (χ4v) is 2.66. The minimum Gasteiger partial charge on any atom is -0.323 e. The van der Waals surface area contributed by atoms with Crippen molar-refractivity contribution < 1.29 is 14.5 Å². The van der Waals surface area contributed by atoms with Gasteiger partial charge in [-0.1, -0.05) is 19.1 Å². The highest BCUT2D eigenvalue weighted by Crippen LogP contribution is 2.31. The van der Waals surface area contributed by atoms with Gasteiger partial charge in [-0.2, -0.15) is 0 Å². The van der Waals surface area contributed by atoms with Gasteiger partial charge >= 0.3 is 6.03 Å². The van der Waals surface area contributed by atoms with Crippen LogP contribution in [0.25, 0.3) is 0 Å². The van der Waals surface area contributed by atoms with E-state index in [-0.39, 0.29) is 22.6 Å². The van der Waals surface area contributed by atoms with Gasteiger partial charge in [0, 0.05) is 6.07 Å². The monoisotopic (exact) mass is 355 g/mol. The number of hydrogen-bond acceptors (Lipinski definition) is 4. The molecule has 1 unspecified atom stereocenters. The number of imide groups is 1. The van der Waals surface area contributed by atoms with Crippen LogP contribution in [0.15, 0.2) is 22.7 Å². The first-order chi connectivity index (χ1) is 9.80. The number of nitro groups is 1. The zero-order chi connectivity index (χ0) is 15.8. The quantitative estimate of drug-likeness (QED) is 0.510. The van der Waals surface area contributed by atoms with Crippen LogP contribution in [0.2, 0.25) is 0 Å². The summed E-state index contributed by atoms with van der Waals surface area (Å²) in [5.74, 6) is -0.326. The molecule has 1 N–H and O–H groups in total. The molecule has 3 amide bonds. The molecule has 0 saturated carbocycles.